The van der Waals surface area contributed by atoms with E-state index in [9.17, 15) is 9.18 Å². The maximum atomic E-state index is 13.2. The lowest BCUT2D eigenvalue weighted by Gasteiger charge is -2.32. The van der Waals surface area contributed by atoms with Gasteiger partial charge in [0.2, 0.25) is 5.83 Å². The number of rotatable bonds is 5. The maximum absolute atomic E-state index is 13.2. The van der Waals surface area contributed by atoms with Gasteiger partial charge in [0, 0.05) is 0 Å². The van der Waals surface area contributed by atoms with Crippen LogP contribution in [0.3, 0.4) is 0 Å². The number of carboxylic acids is 1. The van der Waals surface area contributed by atoms with Crippen LogP contribution in [0.25, 0.3) is 0 Å². The maximum Gasteiger partial charge on any atom is 0.365 e. The third-order valence-corrected chi connectivity index (χ3v) is 4.29. The van der Waals surface area contributed by atoms with Gasteiger partial charge in [0.25, 0.3) is 0 Å². The summed E-state index contributed by atoms with van der Waals surface area (Å²) in [6, 6.07) is 0. The van der Waals surface area contributed by atoms with Gasteiger partial charge in [-0.15, -0.1) is 0 Å². The van der Waals surface area contributed by atoms with Gasteiger partial charge < -0.3 is 5.11 Å². The molecule has 0 atom stereocenters. The molecule has 0 unspecified atom stereocenters. The predicted octanol–water partition coefficient (Wildman–Crippen LogP) is 5.90. The van der Waals surface area contributed by atoms with E-state index < -0.39 is 11.8 Å². The fraction of sp³-hybridized carbons (Fsp3) is 0.450. The highest BCUT2D eigenvalue weighted by atomic mass is 19.1. The van der Waals surface area contributed by atoms with Gasteiger partial charge in [0.05, 0.1) is 0 Å². The molecular formula is C20H27FO2. The zero-order chi connectivity index (χ0) is 17.6. The zero-order valence-electron chi connectivity index (χ0n) is 14.7. The van der Waals surface area contributed by atoms with E-state index >= 15 is 0 Å². The molecule has 0 aliphatic heterocycles. The molecule has 23 heavy (non-hydrogen) atoms. The van der Waals surface area contributed by atoms with Gasteiger partial charge in [-0.1, -0.05) is 55.4 Å². The topological polar surface area (TPSA) is 37.3 Å². The van der Waals surface area contributed by atoms with Gasteiger partial charge in [-0.2, -0.15) is 4.39 Å². The molecule has 0 saturated heterocycles. The number of hydrogen-bond donors (Lipinski definition) is 1. The van der Waals surface area contributed by atoms with E-state index in [1.165, 1.54) is 37.0 Å². The van der Waals surface area contributed by atoms with Crippen LogP contribution >= 0.6 is 0 Å². The summed E-state index contributed by atoms with van der Waals surface area (Å²) < 4.78 is 13.2. The Hall–Kier alpha value is -1.90. The molecule has 0 radical (unpaired) electrons. The smallest absolute Gasteiger partial charge is 0.365 e. The van der Waals surface area contributed by atoms with Crippen molar-refractivity contribution in [1.82, 2.24) is 0 Å². The molecule has 0 amide bonds. The van der Waals surface area contributed by atoms with Crippen molar-refractivity contribution in [3.8, 4) is 0 Å². The lowest BCUT2D eigenvalue weighted by molar-refractivity contribution is -0.134. The van der Waals surface area contributed by atoms with Gasteiger partial charge in [-0.25, -0.2) is 4.79 Å². The fourth-order valence-electron chi connectivity index (χ4n) is 2.87. The van der Waals surface area contributed by atoms with Crippen molar-refractivity contribution in [2.75, 3.05) is 0 Å². The van der Waals surface area contributed by atoms with Crippen LogP contribution in [-0.4, -0.2) is 11.1 Å². The van der Waals surface area contributed by atoms with Gasteiger partial charge in [-0.3, -0.25) is 0 Å². The van der Waals surface area contributed by atoms with Gasteiger partial charge in [0.15, 0.2) is 0 Å². The molecule has 0 fully saturated rings. The summed E-state index contributed by atoms with van der Waals surface area (Å²) in [4.78, 5) is 10.5. The summed E-state index contributed by atoms with van der Waals surface area (Å²) in [6.45, 7) is 10.2. The number of allylic oxidation sites excluding steroid dienone is 9. The zero-order valence-corrected chi connectivity index (χ0v) is 14.7. The summed E-state index contributed by atoms with van der Waals surface area (Å²) in [5.74, 6) is -2.65. The van der Waals surface area contributed by atoms with Crippen LogP contribution in [0.2, 0.25) is 0 Å². The van der Waals surface area contributed by atoms with E-state index in [2.05, 4.69) is 32.9 Å². The highest BCUT2D eigenvalue weighted by molar-refractivity contribution is 5.85. The van der Waals surface area contributed by atoms with E-state index in [4.69, 9.17) is 5.11 Å². The van der Waals surface area contributed by atoms with Crippen molar-refractivity contribution in [3.63, 3.8) is 0 Å². The monoisotopic (exact) mass is 318 g/mol. The Morgan fingerprint density at radius 1 is 1.26 bits per heavy atom. The summed E-state index contributed by atoms with van der Waals surface area (Å²) in [7, 11) is 0. The second-order valence-corrected chi connectivity index (χ2v) is 6.84. The molecule has 0 bridgehead atoms. The summed E-state index contributed by atoms with van der Waals surface area (Å²) in [5.41, 5.74) is 4.19. The van der Waals surface area contributed by atoms with Crippen molar-refractivity contribution in [1.29, 1.82) is 0 Å². The van der Waals surface area contributed by atoms with E-state index in [1.807, 2.05) is 13.0 Å². The summed E-state index contributed by atoms with van der Waals surface area (Å²) in [5, 5.41) is 8.56. The van der Waals surface area contributed by atoms with Crippen molar-refractivity contribution >= 4 is 5.97 Å². The van der Waals surface area contributed by atoms with Crippen LogP contribution in [0, 0.1) is 5.41 Å². The fourth-order valence-corrected chi connectivity index (χ4v) is 2.87. The summed E-state index contributed by atoms with van der Waals surface area (Å²) in [6.07, 6.45) is 12.8. The van der Waals surface area contributed by atoms with Crippen LogP contribution < -0.4 is 0 Å². The van der Waals surface area contributed by atoms with Crippen molar-refractivity contribution in [3.05, 3.63) is 58.5 Å². The minimum Gasteiger partial charge on any atom is -0.476 e. The number of carboxylic acid groups (broad SMARTS) is 1. The molecule has 1 aliphatic carbocycles. The molecule has 0 heterocycles. The second-order valence-electron chi connectivity index (χ2n) is 6.84. The highest BCUT2D eigenvalue weighted by Crippen LogP contribution is 2.40. The Kier molecular flexibility index (Phi) is 6.74. The van der Waals surface area contributed by atoms with E-state index in [1.54, 1.807) is 6.08 Å². The van der Waals surface area contributed by atoms with Crippen LogP contribution in [0.5, 0.6) is 0 Å². The molecule has 3 heteroatoms. The van der Waals surface area contributed by atoms with Crippen molar-refractivity contribution in [2.24, 2.45) is 5.41 Å². The van der Waals surface area contributed by atoms with Gasteiger partial charge in [-0.05, 0) is 56.6 Å². The molecule has 2 nitrogen and oxygen atoms in total. The molecular weight excluding hydrogens is 291 g/mol. The SMILES string of the molecule is CC1=C(/C=C/C(C)=C/C=C/C(C)=C(\F)C(=O)O)C(C)(C)CCC1. The minimum atomic E-state index is -1.53. The van der Waals surface area contributed by atoms with E-state index in [-0.39, 0.29) is 11.0 Å². The minimum absolute atomic E-state index is 0.109. The van der Waals surface area contributed by atoms with Crippen LogP contribution in [0.1, 0.15) is 53.9 Å². The predicted molar refractivity (Wildman–Crippen MR) is 93.8 cm³/mol. The second kappa shape index (κ2) is 8.09. The molecule has 0 aromatic rings. The lowest BCUT2D eigenvalue weighted by atomic mass is 9.72. The van der Waals surface area contributed by atoms with Crippen molar-refractivity contribution < 1.29 is 14.3 Å². The standard InChI is InChI=1S/C20H27FO2/c1-14(8-6-9-16(3)18(21)19(22)23)11-12-17-15(2)10-7-13-20(17,4)5/h6,8-9,11-12H,7,10,13H2,1-5H3,(H,22,23)/b9-6+,12-11+,14-8+,18-16-. The summed E-state index contributed by atoms with van der Waals surface area (Å²) >= 11 is 0. The third-order valence-electron chi connectivity index (χ3n) is 4.29. The van der Waals surface area contributed by atoms with Gasteiger partial charge >= 0.3 is 5.97 Å². The average molecular weight is 318 g/mol. The Morgan fingerprint density at radius 2 is 1.91 bits per heavy atom. The van der Waals surface area contributed by atoms with Crippen LogP contribution in [-0.2, 0) is 4.79 Å². The van der Waals surface area contributed by atoms with Crippen LogP contribution in [0.15, 0.2) is 58.5 Å². The Bertz CT molecular complexity index is 614. The molecule has 0 spiro atoms. The quantitative estimate of drug-likeness (QED) is 0.506. The first-order chi connectivity index (χ1) is 10.6. The Morgan fingerprint density at radius 3 is 2.48 bits per heavy atom. The van der Waals surface area contributed by atoms with Gasteiger partial charge in [0.1, 0.15) is 0 Å². The Balaban J connectivity index is 2.85. The average Bonchev–Trinajstić information content (AvgIpc) is 2.44. The van der Waals surface area contributed by atoms with Crippen LogP contribution in [0.4, 0.5) is 4.39 Å². The van der Waals surface area contributed by atoms with Crippen molar-refractivity contribution in [2.45, 2.75) is 53.9 Å². The Labute approximate surface area is 138 Å². The molecule has 1 rings (SSSR count). The first kappa shape index (κ1) is 19.1. The first-order valence-corrected chi connectivity index (χ1v) is 7.98. The highest BCUT2D eigenvalue weighted by Gasteiger charge is 2.26. The third kappa shape index (κ3) is 5.66. The normalized spacial score (nSPS) is 20.3. The number of hydrogen-bond acceptors (Lipinski definition) is 1. The number of carbonyl (C=O) groups is 1. The molecule has 0 aromatic carbocycles. The molecule has 126 valence electrons. The largest absolute Gasteiger partial charge is 0.476 e. The van der Waals surface area contributed by atoms with E-state index in [0.717, 1.165) is 12.0 Å². The molecule has 1 N–H and O–H groups in total. The lowest BCUT2D eigenvalue weighted by Crippen LogP contribution is -2.19. The molecule has 1 aliphatic rings. The first-order valence-electron chi connectivity index (χ1n) is 7.98. The van der Waals surface area contributed by atoms with E-state index in [0.29, 0.717) is 0 Å². The number of aliphatic carboxylic acids is 1. The number of halogens is 1. The molecule has 0 saturated carbocycles. The molecule has 0 aromatic heterocycles.